The maximum absolute atomic E-state index is 13.5. The summed E-state index contributed by atoms with van der Waals surface area (Å²) < 4.78 is 13.5. The molecular weight excluding hydrogens is 201 g/mol. The fourth-order valence-corrected chi connectivity index (χ4v) is 2.30. The molecule has 1 aliphatic carbocycles. The fraction of sp³-hybridized carbons (Fsp3) is 0.455. The quantitative estimate of drug-likeness (QED) is 0.803. The Morgan fingerprint density at radius 2 is 2.29 bits per heavy atom. The molecule has 0 saturated heterocycles. The van der Waals surface area contributed by atoms with Gasteiger partial charge in [-0.05, 0) is 37.3 Å². The lowest BCUT2D eigenvalue weighted by Crippen LogP contribution is -2.18. The molecule has 0 aromatic heterocycles. The molecule has 3 atom stereocenters. The van der Waals surface area contributed by atoms with Crippen molar-refractivity contribution in [3.63, 3.8) is 0 Å². The van der Waals surface area contributed by atoms with Crippen LogP contribution in [-0.2, 0) is 0 Å². The van der Waals surface area contributed by atoms with E-state index in [1.54, 1.807) is 12.1 Å². The van der Waals surface area contributed by atoms with Crippen molar-refractivity contribution < 1.29 is 4.39 Å². The highest BCUT2D eigenvalue weighted by Gasteiger charge is 2.43. The van der Waals surface area contributed by atoms with Gasteiger partial charge in [0.25, 0.3) is 0 Å². The Labute approximate surface area is 88.1 Å². The van der Waals surface area contributed by atoms with Crippen LogP contribution in [0.25, 0.3) is 0 Å². The molecule has 1 saturated carbocycles. The zero-order valence-electron chi connectivity index (χ0n) is 8.00. The van der Waals surface area contributed by atoms with Crippen LogP contribution in [0.5, 0.6) is 0 Å². The smallest absolute Gasteiger partial charge is 0.128 e. The lowest BCUT2D eigenvalue weighted by molar-refractivity contribution is 0.589. The van der Waals surface area contributed by atoms with E-state index in [1.165, 1.54) is 6.07 Å². The molecule has 1 aliphatic rings. The highest BCUT2D eigenvalue weighted by Crippen LogP contribution is 2.51. The normalized spacial score (nSPS) is 27.4. The van der Waals surface area contributed by atoms with E-state index in [4.69, 9.17) is 17.3 Å². The van der Waals surface area contributed by atoms with E-state index in [-0.39, 0.29) is 17.8 Å². The Bertz CT molecular complexity index is 331. The minimum atomic E-state index is -0.203. The van der Waals surface area contributed by atoms with Crippen LogP contribution in [0.15, 0.2) is 18.2 Å². The Kier molecular flexibility index (Phi) is 2.50. The third-order valence-corrected chi connectivity index (χ3v) is 3.22. The zero-order valence-corrected chi connectivity index (χ0v) is 8.76. The van der Waals surface area contributed by atoms with Gasteiger partial charge in [0.05, 0.1) is 0 Å². The molecule has 0 unspecified atom stereocenters. The lowest BCUT2D eigenvalue weighted by atomic mass is 10.1. The average molecular weight is 214 g/mol. The molecule has 1 nitrogen and oxygen atoms in total. The molecule has 76 valence electrons. The van der Waals surface area contributed by atoms with Crippen LogP contribution in [0.3, 0.4) is 0 Å². The van der Waals surface area contributed by atoms with Crippen LogP contribution in [0.2, 0.25) is 5.02 Å². The largest absolute Gasteiger partial charge is 0.328 e. The number of rotatable bonds is 2. The molecule has 1 fully saturated rings. The summed E-state index contributed by atoms with van der Waals surface area (Å²) >= 11 is 5.95. The van der Waals surface area contributed by atoms with E-state index in [0.29, 0.717) is 16.5 Å². The molecule has 3 heteroatoms. The highest BCUT2D eigenvalue weighted by atomic mass is 35.5. The second-order valence-corrected chi connectivity index (χ2v) is 4.41. The Balaban J connectivity index is 2.26. The minimum absolute atomic E-state index is 0.121. The monoisotopic (exact) mass is 213 g/mol. The van der Waals surface area contributed by atoms with Crippen LogP contribution in [0.4, 0.5) is 4.39 Å². The summed E-state index contributed by atoms with van der Waals surface area (Å²) in [4.78, 5) is 0. The first-order valence-corrected chi connectivity index (χ1v) is 5.18. The second-order valence-electron chi connectivity index (χ2n) is 4.00. The van der Waals surface area contributed by atoms with Gasteiger partial charge in [-0.15, -0.1) is 0 Å². The molecule has 0 radical (unpaired) electrons. The van der Waals surface area contributed by atoms with E-state index in [0.717, 1.165) is 6.42 Å². The average Bonchev–Trinajstić information content (AvgIpc) is 2.83. The summed E-state index contributed by atoms with van der Waals surface area (Å²) in [7, 11) is 0. The van der Waals surface area contributed by atoms with Gasteiger partial charge in [0.15, 0.2) is 0 Å². The first-order valence-electron chi connectivity index (χ1n) is 4.80. The van der Waals surface area contributed by atoms with Crippen molar-refractivity contribution in [3.05, 3.63) is 34.6 Å². The maximum Gasteiger partial charge on any atom is 0.128 e. The van der Waals surface area contributed by atoms with Crippen molar-refractivity contribution in [1.82, 2.24) is 0 Å². The second kappa shape index (κ2) is 3.52. The van der Waals surface area contributed by atoms with Gasteiger partial charge >= 0.3 is 0 Å². The van der Waals surface area contributed by atoms with Crippen LogP contribution in [0, 0.1) is 11.7 Å². The van der Waals surface area contributed by atoms with E-state index in [2.05, 4.69) is 0 Å². The summed E-state index contributed by atoms with van der Waals surface area (Å²) in [6.45, 7) is 1.96. The van der Waals surface area contributed by atoms with Crippen LogP contribution in [-0.4, -0.2) is 6.04 Å². The SMILES string of the molecule is C[C@H](N)[C@@H]1C[C@@H]1c1c(F)cccc1Cl. The standard InChI is InChI=1S/C11H13ClFN/c1-6(14)7-5-8(7)11-9(12)3-2-4-10(11)13/h2-4,6-8H,5,14H2,1H3/t6-,7-,8-/m0/s1. The predicted octanol–water partition coefficient (Wildman–Crippen LogP) is 2.93. The third kappa shape index (κ3) is 1.64. The molecular formula is C11H13ClFN. The van der Waals surface area contributed by atoms with Gasteiger partial charge < -0.3 is 5.73 Å². The molecule has 0 bridgehead atoms. The zero-order chi connectivity index (χ0) is 10.3. The molecule has 2 rings (SSSR count). The third-order valence-electron chi connectivity index (χ3n) is 2.89. The van der Waals surface area contributed by atoms with E-state index >= 15 is 0 Å². The molecule has 14 heavy (non-hydrogen) atoms. The molecule has 0 amide bonds. The summed E-state index contributed by atoms with van der Waals surface area (Å²) in [5, 5.41) is 0.526. The molecule has 0 heterocycles. The van der Waals surface area contributed by atoms with Gasteiger partial charge in [-0.25, -0.2) is 4.39 Å². The van der Waals surface area contributed by atoms with Gasteiger partial charge in [-0.1, -0.05) is 17.7 Å². The summed E-state index contributed by atoms with van der Waals surface area (Å²) in [5.74, 6) is 0.416. The van der Waals surface area contributed by atoms with E-state index in [9.17, 15) is 4.39 Å². The maximum atomic E-state index is 13.5. The number of benzene rings is 1. The van der Waals surface area contributed by atoms with Crippen LogP contribution >= 0.6 is 11.6 Å². The Morgan fingerprint density at radius 1 is 1.57 bits per heavy atom. The molecule has 1 aromatic carbocycles. The Hall–Kier alpha value is -0.600. The van der Waals surface area contributed by atoms with E-state index in [1.807, 2.05) is 6.92 Å². The first-order chi connectivity index (χ1) is 6.61. The van der Waals surface area contributed by atoms with Crippen LogP contribution < -0.4 is 5.73 Å². The predicted molar refractivity (Wildman–Crippen MR) is 55.9 cm³/mol. The first kappa shape index (κ1) is 9.94. The van der Waals surface area contributed by atoms with Crippen molar-refractivity contribution in [1.29, 1.82) is 0 Å². The Morgan fingerprint density at radius 3 is 2.79 bits per heavy atom. The van der Waals surface area contributed by atoms with Crippen molar-refractivity contribution in [2.75, 3.05) is 0 Å². The molecule has 0 spiro atoms. The minimum Gasteiger partial charge on any atom is -0.328 e. The van der Waals surface area contributed by atoms with Crippen LogP contribution in [0.1, 0.15) is 24.8 Å². The van der Waals surface area contributed by atoms with Crippen molar-refractivity contribution in [2.24, 2.45) is 11.7 Å². The molecule has 1 aromatic rings. The number of hydrogen-bond donors (Lipinski definition) is 1. The summed E-state index contributed by atoms with van der Waals surface area (Å²) in [5.41, 5.74) is 6.41. The van der Waals surface area contributed by atoms with Crippen molar-refractivity contribution in [2.45, 2.75) is 25.3 Å². The summed E-state index contributed by atoms with van der Waals surface area (Å²) in [6, 6.07) is 4.94. The molecule has 2 N–H and O–H groups in total. The van der Waals surface area contributed by atoms with Gasteiger partial charge in [-0.2, -0.15) is 0 Å². The number of halogens is 2. The topological polar surface area (TPSA) is 26.0 Å². The van der Waals surface area contributed by atoms with E-state index < -0.39 is 0 Å². The number of nitrogens with two attached hydrogens (primary N) is 1. The fourth-order valence-electron chi connectivity index (χ4n) is 1.99. The van der Waals surface area contributed by atoms with Gasteiger partial charge in [0, 0.05) is 16.6 Å². The van der Waals surface area contributed by atoms with Crippen molar-refractivity contribution in [3.8, 4) is 0 Å². The summed E-state index contributed by atoms with van der Waals surface area (Å²) in [6.07, 6.45) is 0.957. The highest BCUT2D eigenvalue weighted by molar-refractivity contribution is 6.31. The number of hydrogen-bond acceptors (Lipinski definition) is 1. The molecule has 0 aliphatic heterocycles. The lowest BCUT2D eigenvalue weighted by Gasteiger charge is -2.06. The van der Waals surface area contributed by atoms with Gasteiger partial charge in [0.1, 0.15) is 5.82 Å². The van der Waals surface area contributed by atoms with Gasteiger partial charge in [-0.3, -0.25) is 0 Å². The van der Waals surface area contributed by atoms with Gasteiger partial charge in [0.2, 0.25) is 0 Å². The van der Waals surface area contributed by atoms with Crippen molar-refractivity contribution >= 4 is 11.6 Å².